The molecule has 9 heteroatoms. The van der Waals surface area contributed by atoms with E-state index in [0.29, 0.717) is 4.47 Å². The van der Waals surface area contributed by atoms with Crippen LogP contribution in [0.3, 0.4) is 0 Å². The Kier molecular flexibility index (Phi) is 5.55. The molecule has 0 aromatic heterocycles. The highest BCUT2D eigenvalue weighted by molar-refractivity contribution is 9.10. The van der Waals surface area contributed by atoms with Crippen LogP contribution < -0.4 is 9.62 Å². The summed E-state index contributed by atoms with van der Waals surface area (Å²) in [6.07, 6.45) is 0.920. The van der Waals surface area contributed by atoms with Crippen LogP contribution >= 0.6 is 15.9 Å². The zero-order valence-corrected chi connectivity index (χ0v) is 14.9. The fraction of sp³-hybridized carbons (Fsp3) is 0.133. The molecule has 2 aromatic rings. The second-order valence-electron chi connectivity index (χ2n) is 4.92. The van der Waals surface area contributed by atoms with E-state index >= 15 is 0 Å². The molecule has 0 bridgehead atoms. The molecule has 1 N–H and O–H groups in total. The van der Waals surface area contributed by atoms with E-state index in [1.54, 1.807) is 0 Å². The lowest BCUT2D eigenvalue weighted by molar-refractivity contribution is -0.114. The van der Waals surface area contributed by atoms with Crippen molar-refractivity contribution in [3.05, 3.63) is 58.6 Å². The van der Waals surface area contributed by atoms with Crippen molar-refractivity contribution in [2.75, 3.05) is 22.4 Å². The van der Waals surface area contributed by atoms with Crippen molar-refractivity contribution in [2.24, 2.45) is 0 Å². The maximum Gasteiger partial charge on any atom is 0.245 e. The summed E-state index contributed by atoms with van der Waals surface area (Å²) in [7, 11) is -3.79. The minimum Gasteiger partial charge on any atom is -0.322 e. The summed E-state index contributed by atoms with van der Waals surface area (Å²) < 4.78 is 51.8. The molecule has 0 radical (unpaired) electrons. The second kappa shape index (κ2) is 7.27. The number of amides is 1. The Balaban J connectivity index is 2.20. The van der Waals surface area contributed by atoms with Crippen LogP contribution in [0.5, 0.6) is 0 Å². The minimum atomic E-state index is -3.79. The Morgan fingerprint density at radius 2 is 1.79 bits per heavy atom. The zero-order valence-electron chi connectivity index (χ0n) is 12.5. The quantitative estimate of drug-likeness (QED) is 0.810. The van der Waals surface area contributed by atoms with Gasteiger partial charge >= 0.3 is 0 Å². The molecule has 1 amide bonds. The molecule has 5 nitrogen and oxygen atoms in total. The topological polar surface area (TPSA) is 66.5 Å². The number of nitrogens with one attached hydrogen (secondary N) is 1. The van der Waals surface area contributed by atoms with Crippen molar-refractivity contribution >= 4 is 43.2 Å². The lowest BCUT2D eigenvalue weighted by Crippen LogP contribution is -2.37. The van der Waals surface area contributed by atoms with E-state index in [2.05, 4.69) is 21.2 Å². The van der Waals surface area contributed by atoms with Crippen LogP contribution in [0.2, 0.25) is 0 Å². The maximum atomic E-state index is 13.7. The predicted molar refractivity (Wildman–Crippen MR) is 91.3 cm³/mol. The van der Waals surface area contributed by atoms with Gasteiger partial charge in [0.05, 0.1) is 17.6 Å². The first-order valence-corrected chi connectivity index (χ1v) is 9.29. The van der Waals surface area contributed by atoms with Crippen molar-refractivity contribution in [3.8, 4) is 0 Å². The van der Waals surface area contributed by atoms with Gasteiger partial charge in [0.1, 0.15) is 18.2 Å². The van der Waals surface area contributed by atoms with Crippen molar-refractivity contribution < 1.29 is 22.0 Å². The molecule has 24 heavy (non-hydrogen) atoms. The summed E-state index contributed by atoms with van der Waals surface area (Å²) in [6.45, 7) is -0.569. The maximum absolute atomic E-state index is 13.7. The SMILES string of the molecule is CS(=O)(=O)N(CC(=O)Nc1ccc(Br)cc1F)c1ccc(F)cc1. The Morgan fingerprint density at radius 1 is 1.17 bits per heavy atom. The molecule has 0 saturated heterocycles. The number of carbonyl (C=O) groups excluding carboxylic acids is 1. The lowest BCUT2D eigenvalue weighted by atomic mass is 10.3. The summed E-state index contributed by atoms with van der Waals surface area (Å²) in [4.78, 5) is 12.1. The molecular formula is C15H13BrF2N2O3S. The fourth-order valence-electron chi connectivity index (χ4n) is 1.92. The van der Waals surface area contributed by atoms with Gasteiger partial charge in [0.2, 0.25) is 15.9 Å². The molecule has 0 unspecified atom stereocenters. The van der Waals surface area contributed by atoms with E-state index in [9.17, 15) is 22.0 Å². The van der Waals surface area contributed by atoms with E-state index in [0.717, 1.165) is 22.7 Å². The van der Waals surface area contributed by atoms with Gasteiger partial charge in [-0.05, 0) is 42.5 Å². The molecule has 0 heterocycles. The van der Waals surface area contributed by atoms with Gasteiger partial charge in [-0.3, -0.25) is 9.10 Å². The van der Waals surface area contributed by atoms with Crippen LogP contribution in [-0.4, -0.2) is 27.1 Å². The van der Waals surface area contributed by atoms with Crippen LogP contribution in [0.25, 0.3) is 0 Å². The van der Waals surface area contributed by atoms with Crippen LogP contribution in [0.15, 0.2) is 46.9 Å². The molecule has 128 valence electrons. The van der Waals surface area contributed by atoms with Gasteiger partial charge in [-0.2, -0.15) is 0 Å². The van der Waals surface area contributed by atoms with Crippen LogP contribution in [-0.2, 0) is 14.8 Å². The monoisotopic (exact) mass is 418 g/mol. The summed E-state index contributed by atoms with van der Waals surface area (Å²) >= 11 is 3.09. The largest absolute Gasteiger partial charge is 0.322 e. The van der Waals surface area contributed by atoms with Crippen molar-refractivity contribution in [1.82, 2.24) is 0 Å². The van der Waals surface area contributed by atoms with E-state index in [4.69, 9.17) is 0 Å². The highest BCUT2D eigenvalue weighted by Crippen LogP contribution is 2.21. The average molecular weight is 419 g/mol. The third-order valence-electron chi connectivity index (χ3n) is 3.01. The third kappa shape index (κ3) is 4.75. The van der Waals surface area contributed by atoms with Gasteiger partial charge in [0, 0.05) is 4.47 Å². The van der Waals surface area contributed by atoms with Gasteiger partial charge in [-0.25, -0.2) is 17.2 Å². The van der Waals surface area contributed by atoms with E-state index < -0.39 is 34.1 Å². The Hall–Kier alpha value is -2.00. The molecule has 0 aliphatic rings. The van der Waals surface area contributed by atoms with E-state index in [-0.39, 0.29) is 11.4 Å². The molecular weight excluding hydrogens is 406 g/mol. The normalized spacial score (nSPS) is 11.2. The number of hydrogen-bond donors (Lipinski definition) is 1. The van der Waals surface area contributed by atoms with Crippen LogP contribution in [0.1, 0.15) is 0 Å². The number of halogens is 3. The van der Waals surface area contributed by atoms with Gasteiger partial charge in [-0.15, -0.1) is 0 Å². The van der Waals surface area contributed by atoms with Gasteiger partial charge in [-0.1, -0.05) is 15.9 Å². The van der Waals surface area contributed by atoms with Gasteiger partial charge < -0.3 is 5.32 Å². The summed E-state index contributed by atoms with van der Waals surface area (Å²) in [5.41, 5.74) is 0.0566. The Morgan fingerprint density at radius 3 is 2.33 bits per heavy atom. The summed E-state index contributed by atoms with van der Waals surface area (Å²) in [5, 5.41) is 2.31. The van der Waals surface area contributed by atoms with Crippen molar-refractivity contribution in [1.29, 1.82) is 0 Å². The molecule has 2 aromatic carbocycles. The number of anilines is 2. The first-order valence-electron chi connectivity index (χ1n) is 6.65. The first-order chi connectivity index (χ1) is 11.2. The highest BCUT2D eigenvalue weighted by Gasteiger charge is 2.21. The smallest absolute Gasteiger partial charge is 0.245 e. The minimum absolute atomic E-state index is 0.0734. The molecule has 0 spiro atoms. The summed E-state index contributed by atoms with van der Waals surface area (Å²) in [6, 6.07) is 8.70. The molecule has 0 fully saturated rings. The third-order valence-corrected chi connectivity index (χ3v) is 4.64. The average Bonchev–Trinajstić information content (AvgIpc) is 2.48. The Bertz CT molecular complexity index is 858. The summed E-state index contributed by atoms with van der Waals surface area (Å²) in [5.74, 6) is -1.93. The number of carbonyl (C=O) groups is 1. The number of nitrogens with zero attached hydrogens (tertiary/aromatic N) is 1. The van der Waals surface area contributed by atoms with Crippen LogP contribution in [0, 0.1) is 11.6 Å². The van der Waals surface area contributed by atoms with Crippen molar-refractivity contribution in [2.45, 2.75) is 0 Å². The number of rotatable bonds is 5. The highest BCUT2D eigenvalue weighted by atomic mass is 79.9. The van der Waals surface area contributed by atoms with E-state index in [1.165, 1.54) is 30.3 Å². The van der Waals surface area contributed by atoms with Crippen molar-refractivity contribution in [3.63, 3.8) is 0 Å². The zero-order chi connectivity index (χ0) is 17.9. The molecule has 0 aliphatic heterocycles. The predicted octanol–water partition coefficient (Wildman–Crippen LogP) is 3.13. The molecule has 2 rings (SSSR count). The molecule has 0 atom stereocenters. The molecule has 0 aliphatic carbocycles. The number of benzene rings is 2. The molecule has 0 saturated carbocycles. The number of hydrogen-bond acceptors (Lipinski definition) is 3. The van der Waals surface area contributed by atoms with E-state index in [1.807, 2.05) is 0 Å². The number of sulfonamides is 1. The standard InChI is InChI=1S/C15H13BrF2N2O3S/c1-24(22,23)20(12-5-3-11(17)4-6-12)9-15(21)19-14-7-2-10(16)8-13(14)18/h2-8H,9H2,1H3,(H,19,21). The lowest BCUT2D eigenvalue weighted by Gasteiger charge is -2.22. The first kappa shape index (κ1) is 18.3. The van der Waals surface area contributed by atoms with Crippen LogP contribution in [0.4, 0.5) is 20.2 Å². The Labute approximate surface area is 146 Å². The second-order valence-corrected chi connectivity index (χ2v) is 7.74. The van der Waals surface area contributed by atoms with Gasteiger partial charge in [0.25, 0.3) is 0 Å². The van der Waals surface area contributed by atoms with Gasteiger partial charge in [0.15, 0.2) is 0 Å². The fourth-order valence-corrected chi connectivity index (χ4v) is 3.11.